The number of amides is 1. The predicted molar refractivity (Wildman–Crippen MR) is 74.5 cm³/mol. The van der Waals surface area contributed by atoms with Gasteiger partial charge in [0.1, 0.15) is 12.0 Å². The molecule has 1 aromatic heterocycles. The molecule has 7 heteroatoms. The van der Waals surface area contributed by atoms with Crippen LogP contribution in [0.15, 0.2) is 42.6 Å². The number of hydrogen-bond acceptors (Lipinski definition) is 5. The molecule has 0 spiro atoms. The average Bonchev–Trinajstić information content (AvgIpc) is 2.47. The van der Waals surface area contributed by atoms with E-state index in [0.717, 1.165) is 12.3 Å². The van der Waals surface area contributed by atoms with Crippen molar-refractivity contribution in [3.63, 3.8) is 0 Å². The van der Waals surface area contributed by atoms with E-state index in [-0.39, 0.29) is 17.1 Å². The number of benzene rings is 1. The number of hydrogen-bond donors (Lipinski definition) is 1. The molecule has 0 bridgehead atoms. The van der Waals surface area contributed by atoms with Crippen LogP contribution in [0.25, 0.3) is 0 Å². The Balaban J connectivity index is 2.38. The molecule has 0 aliphatic heterocycles. The number of nitro groups is 1. The molecule has 0 saturated heterocycles. The number of carbonyl (C=O) groups excluding carboxylic acids is 1. The van der Waals surface area contributed by atoms with Crippen LogP contribution >= 0.6 is 0 Å². The number of anilines is 2. The molecule has 2 N–H and O–H groups in total. The lowest BCUT2D eigenvalue weighted by Crippen LogP contribution is -2.27. The van der Waals surface area contributed by atoms with Gasteiger partial charge in [-0.3, -0.25) is 14.9 Å². The number of pyridine rings is 1. The highest BCUT2D eigenvalue weighted by atomic mass is 16.6. The minimum atomic E-state index is -0.619. The van der Waals surface area contributed by atoms with Gasteiger partial charge in [-0.1, -0.05) is 18.2 Å². The summed E-state index contributed by atoms with van der Waals surface area (Å²) in [7, 11) is 1.57. The van der Waals surface area contributed by atoms with Gasteiger partial charge in [0.2, 0.25) is 0 Å². The molecule has 0 radical (unpaired) electrons. The highest BCUT2D eigenvalue weighted by Gasteiger charge is 2.20. The van der Waals surface area contributed by atoms with Crippen molar-refractivity contribution in [1.29, 1.82) is 0 Å². The van der Waals surface area contributed by atoms with Gasteiger partial charge in [0, 0.05) is 18.8 Å². The lowest BCUT2D eigenvalue weighted by molar-refractivity contribution is -0.385. The van der Waals surface area contributed by atoms with Crippen molar-refractivity contribution >= 4 is 23.1 Å². The molecule has 0 aliphatic rings. The van der Waals surface area contributed by atoms with E-state index in [2.05, 4.69) is 4.98 Å². The van der Waals surface area contributed by atoms with Gasteiger partial charge in [-0.15, -0.1) is 0 Å². The molecule has 2 aromatic rings. The molecule has 1 heterocycles. The summed E-state index contributed by atoms with van der Waals surface area (Å²) in [6.45, 7) is 0. The van der Waals surface area contributed by atoms with E-state index < -0.39 is 10.8 Å². The van der Waals surface area contributed by atoms with Crippen LogP contribution in [0, 0.1) is 10.1 Å². The fourth-order valence-electron chi connectivity index (χ4n) is 1.68. The molecular weight excluding hydrogens is 260 g/mol. The standard InChI is InChI=1S/C13H12N4O3/c1-16(9-5-3-2-4-6-9)13(18)11-7-10(17(19)20)8-15-12(11)14/h2-8H,1H3,(H2,14,15). The topological polar surface area (TPSA) is 102 Å². The minimum absolute atomic E-state index is 0.00514. The molecule has 0 saturated carbocycles. The van der Waals surface area contributed by atoms with Crippen molar-refractivity contribution in [2.24, 2.45) is 0 Å². The van der Waals surface area contributed by atoms with E-state index >= 15 is 0 Å². The van der Waals surface area contributed by atoms with E-state index in [1.165, 1.54) is 4.90 Å². The quantitative estimate of drug-likeness (QED) is 0.678. The number of nitrogens with two attached hydrogens (primary N) is 1. The number of para-hydroxylation sites is 1. The van der Waals surface area contributed by atoms with Crippen LogP contribution in [0.5, 0.6) is 0 Å². The van der Waals surface area contributed by atoms with Crippen LogP contribution < -0.4 is 10.6 Å². The van der Waals surface area contributed by atoms with Gasteiger partial charge in [-0.25, -0.2) is 4.98 Å². The van der Waals surface area contributed by atoms with E-state index in [1.54, 1.807) is 31.3 Å². The second kappa shape index (κ2) is 5.35. The second-order valence-electron chi connectivity index (χ2n) is 4.08. The van der Waals surface area contributed by atoms with Crippen LogP contribution in [-0.4, -0.2) is 22.9 Å². The highest BCUT2D eigenvalue weighted by molar-refractivity contribution is 6.08. The Morgan fingerprint density at radius 2 is 2.00 bits per heavy atom. The summed E-state index contributed by atoms with van der Waals surface area (Å²) in [5, 5.41) is 10.7. The van der Waals surface area contributed by atoms with E-state index in [1.807, 2.05) is 6.07 Å². The van der Waals surface area contributed by atoms with E-state index in [4.69, 9.17) is 5.73 Å². The largest absolute Gasteiger partial charge is 0.383 e. The Morgan fingerprint density at radius 1 is 1.35 bits per heavy atom. The summed E-state index contributed by atoms with van der Waals surface area (Å²) < 4.78 is 0. The molecule has 0 unspecified atom stereocenters. The fourth-order valence-corrected chi connectivity index (χ4v) is 1.68. The first-order valence-electron chi connectivity index (χ1n) is 5.73. The zero-order valence-corrected chi connectivity index (χ0v) is 10.7. The smallest absolute Gasteiger partial charge is 0.288 e. The lowest BCUT2D eigenvalue weighted by atomic mass is 10.2. The minimum Gasteiger partial charge on any atom is -0.383 e. The third kappa shape index (κ3) is 2.56. The molecule has 0 aliphatic carbocycles. The molecule has 2 rings (SSSR count). The van der Waals surface area contributed by atoms with Gasteiger partial charge in [0.05, 0.1) is 10.5 Å². The zero-order chi connectivity index (χ0) is 14.7. The third-order valence-corrected chi connectivity index (χ3v) is 2.79. The Morgan fingerprint density at radius 3 is 2.60 bits per heavy atom. The molecule has 7 nitrogen and oxygen atoms in total. The fraction of sp³-hybridized carbons (Fsp3) is 0.0769. The number of rotatable bonds is 3. The SMILES string of the molecule is CN(C(=O)c1cc([N+](=O)[O-])cnc1N)c1ccccc1. The zero-order valence-electron chi connectivity index (χ0n) is 10.7. The van der Waals surface area contributed by atoms with Crippen molar-refractivity contribution in [2.75, 3.05) is 17.7 Å². The van der Waals surface area contributed by atoms with Gasteiger partial charge in [0.15, 0.2) is 0 Å². The Labute approximate surface area is 114 Å². The molecular formula is C13H12N4O3. The van der Waals surface area contributed by atoms with Crippen molar-refractivity contribution in [3.05, 3.63) is 58.3 Å². The maximum absolute atomic E-state index is 12.3. The summed E-state index contributed by atoms with van der Waals surface area (Å²) in [6.07, 6.45) is 1.02. The van der Waals surface area contributed by atoms with Crippen LogP contribution in [0.3, 0.4) is 0 Å². The molecule has 20 heavy (non-hydrogen) atoms. The van der Waals surface area contributed by atoms with Crippen LogP contribution in [0.2, 0.25) is 0 Å². The number of nitrogen functional groups attached to an aromatic ring is 1. The van der Waals surface area contributed by atoms with E-state index in [9.17, 15) is 14.9 Å². The third-order valence-electron chi connectivity index (χ3n) is 2.79. The van der Waals surface area contributed by atoms with E-state index in [0.29, 0.717) is 5.69 Å². The van der Waals surface area contributed by atoms with Crippen molar-refractivity contribution in [1.82, 2.24) is 4.98 Å². The van der Waals surface area contributed by atoms with Crippen LogP contribution in [0.1, 0.15) is 10.4 Å². The normalized spacial score (nSPS) is 10.1. The van der Waals surface area contributed by atoms with Gasteiger partial charge < -0.3 is 10.6 Å². The number of carbonyl (C=O) groups is 1. The maximum Gasteiger partial charge on any atom is 0.288 e. The summed E-state index contributed by atoms with van der Waals surface area (Å²) in [5.41, 5.74) is 6.01. The molecule has 0 fully saturated rings. The van der Waals surface area contributed by atoms with Crippen LogP contribution in [-0.2, 0) is 0 Å². The van der Waals surface area contributed by atoms with Crippen molar-refractivity contribution < 1.29 is 9.72 Å². The summed E-state index contributed by atoms with van der Waals surface area (Å²) in [6, 6.07) is 10.0. The average molecular weight is 272 g/mol. The summed E-state index contributed by atoms with van der Waals surface area (Å²) in [4.78, 5) is 27.5. The Kier molecular flexibility index (Phi) is 3.60. The Hall–Kier alpha value is -2.96. The first kappa shape index (κ1) is 13.5. The van der Waals surface area contributed by atoms with Gasteiger partial charge in [-0.2, -0.15) is 0 Å². The first-order chi connectivity index (χ1) is 9.50. The summed E-state index contributed by atoms with van der Waals surface area (Å²) >= 11 is 0. The number of nitrogens with zero attached hydrogens (tertiary/aromatic N) is 3. The highest BCUT2D eigenvalue weighted by Crippen LogP contribution is 2.21. The van der Waals surface area contributed by atoms with Gasteiger partial charge in [0.25, 0.3) is 11.6 Å². The summed E-state index contributed by atoms with van der Waals surface area (Å²) in [5.74, 6) is -0.492. The molecule has 0 atom stereocenters. The van der Waals surface area contributed by atoms with Gasteiger partial charge >= 0.3 is 0 Å². The Bertz CT molecular complexity index is 658. The second-order valence-corrected chi connectivity index (χ2v) is 4.08. The van der Waals surface area contributed by atoms with Crippen LogP contribution in [0.4, 0.5) is 17.2 Å². The maximum atomic E-state index is 12.3. The molecule has 1 amide bonds. The molecule has 1 aromatic carbocycles. The van der Waals surface area contributed by atoms with Gasteiger partial charge in [-0.05, 0) is 12.1 Å². The predicted octanol–water partition coefficient (Wildman–Crippen LogP) is 1.85. The van der Waals surface area contributed by atoms with Crippen molar-refractivity contribution in [2.45, 2.75) is 0 Å². The number of aromatic nitrogens is 1. The molecule has 102 valence electrons. The monoisotopic (exact) mass is 272 g/mol. The lowest BCUT2D eigenvalue weighted by Gasteiger charge is -2.17. The first-order valence-corrected chi connectivity index (χ1v) is 5.73. The van der Waals surface area contributed by atoms with Crippen molar-refractivity contribution in [3.8, 4) is 0 Å².